The maximum atomic E-state index is 12.4. The molecule has 0 unspecified atom stereocenters. The zero-order valence-electron chi connectivity index (χ0n) is 15.2. The normalized spacial score (nSPS) is 14.3. The van der Waals surface area contributed by atoms with Crippen molar-refractivity contribution in [3.05, 3.63) is 58.6 Å². The molecule has 26 heavy (non-hydrogen) atoms. The number of urea groups is 1. The quantitative estimate of drug-likeness (QED) is 0.889. The summed E-state index contributed by atoms with van der Waals surface area (Å²) in [5, 5.41) is 3.63. The number of hydrogen-bond donors (Lipinski definition) is 1. The summed E-state index contributed by atoms with van der Waals surface area (Å²) >= 11 is 6.14. The molecule has 0 atom stereocenters. The van der Waals surface area contributed by atoms with Gasteiger partial charge in [0.15, 0.2) is 0 Å². The molecule has 0 aliphatic carbocycles. The van der Waals surface area contributed by atoms with Crippen LogP contribution in [0.25, 0.3) is 0 Å². The van der Waals surface area contributed by atoms with E-state index in [2.05, 4.69) is 23.2 Å². The Hall–Kier alpha value is -2.40. The summed E-state index contributed by atoms with van der Waals surface area (Å²) in [7, 11) is 1.69. The van der Waals surface area contributed by atoms with Crippen molar-refractivity contribution in [3.8, 4) is 5.75 Å². The minimum absolute atomic E-state index is 0.0548. The van der Waals surface area contributed by atoms with Crippen LogP contribution in [0, 0.1) is 6.92 Å². The van der Waals surface area contributed by atoms with E-state index in [1.165, 1.54) is 5.56 Å². The Morgan fingerprint density at radius 3 is 2.58 bits per heavy atom. The number of halogens is 1. The molecule has 138 valence electrons. The number of nitrogens with one attached hydrogen (secondary N) is 1. The topological polar surface area (TPSA) is 44.8 Å². The number of benzene rings is 2. The maximum Gasteiger partial charge on any atom is 0.317 e. The van der Waals surface area contributed by atoms with Gasteiger partial charge in [-0.2, -0.15) is 0 Å². The highest BCUT2D eigenvalue weighted by Crippen LogP contribution is 2.30. The van der Waals surface area contributed by atoms with Crippen molar-refractivity contribution in [3.63, 3.8) is 0 Å². The van der Waals surface area contributed by atoms with Crippen LogP contribution in [-0.2, 0) is 6.54 Å². The Morgan fingerprint density at radius 1 is 1.15 bits per heavy atom. The fraction of sp³-hybridized carbons (Fsp3) is 0.350. The van der Waals surface area contributed by atoms with Crippen LogP contribution < -0.4 is 15.0 Å². The lowest BCUT2D eigenvalue weighted by Crippen LogP contribution is -2.51. The van der Waals surface area contributed by atoms with Crippen molar-refractivity contribution in [2.75, 3.05) is 38.2 Å². The van der Waals surface area contributed by atoms with E-state index in [1.54, 1.807) is 7.11 Å². The Labute approximate surface area is 159 Å². The number of carbonyl (C=O) groups excluding carboxylic acids is 1. The first kappa shape index (κ1) is 18.4. The number of anilines is 1. The van der Waals surface area contributed by atoms with Crippen LogP contribution in [0.2, 0.25) is 5.02 Å². The summed E-state index contributed by atoms with van der Waals surface area (Å²) < 4.78 is 5.48. The molecule has 0 spiro atoms. The van der Waals surface area contributed by atoms with Gasteiger partial charge in [0.1, 0.15) is 5.75 Å². The number of piperazine rings is 1. The highest BCUT2D eigenvalue weighted by Gasteiger charge is 2.23. The van der Waals surface area contributed by atoms with Crippen LogP contribution in [0.5, 0.6) is 5.75 Å². The Bertz CT molecular complexity index is 773. The summed E-state index contributed by atoms with van der Waals surface area (Å²) in [6, 6.07) is 13.7. The van der Waals surface area contributed by atoms with Crippen molar-refractivity contribution in [2.24, 2.45) is 0 Å². The van der Waals surface area contributed by atoms with Crippen molar-refractivity contribution in [2.45, 2.75) is 13.5 Å². The van der Waals surface area contributed by atoms with Gasteiger partial charge < -0.3 is 19.9 Å². The molecule has 0 aromatic heterocycles. The Kier molecular flexibility index (Phi) is 5.89. The minimum atomic E-state index is -0.0548. The zero-order valence-corrected chi connectivity index (χ0v) is 15.9. The highest BCUT2D eigenvalue weighted by molar-refractivity contribution is 6.31. The second-order valence-corrected chi connectivity index (χ2v) is 6.81. The molecule has 1 aliphatic rings. The van der Waals surface area contributed by atoms with Crippen molar-refractivity contribution in [1.82, 2.24) is 10.2 Å². The fourth-order valence-corrected chi connectivity index (χ4v) is 3.32. The molecule has 1 saturated heterocycles. The van der Waals surface area contributed by atoms with Crippen molar-refractivity contribution in [1.29, 1.82) is 0 Å². The molecule has 2 aromatic carbocycles. The SMILES string of the molecule is COc1ccc(C)cc1N1CCN(C(=O)NCc2ccccc2Cl)CC1. The molecule has 0 radical (unpaired) electrons. The summed E-state index contributed by atoms with van der Waals surface area (Å²) in [5.74, 6) is 0.868. The molecule has 1 aliphatic heterocycles. The van der Waals surface area contributed by atoms with E-state index in [4.69, 9.17) is 16.3 Å². The first-order valence-corrected chi connectivity index (χ1v) is 9.12. The molecular weight excluding hydrogens is 350 g/mol. The molecule has 1 heterocycles. The standard InChI is InChI=1S/C20H24ClN3O2/c1-15-7-8-19(26-2)18(13-15)23-9-11-24(12-10-23)20(25)22-14-16-5-3-4-6-17(16)21/h3-8,13H,9-12,14H2,1-2H3,(H,22,25). The first-order chi connectivity index (χ1) is 12.6. The summed E-state index contributed by atoms with van der Waals surface area (Å²) in [6.45, 7) is 5.40. The van der Waals surface area contributed by atoms with Crippen LogP contribution in [0.1, 0.15) is 11.1 Å². The second-order valence-electron chi connectivity index (χ2n) is 6.40. The number of ether oxygens (including phenoxy) is 1. The molecule has 1 N–H and O–H groups in total. The number of methoxy groups -OCH3 is 1. The highest BCUT2D eigenvalue weighted by atomic mass is 35.5. The monoisotopic (exact) mass is 373 g/mol. The number of carbonyl (C=O) groups is 1. The van der Waals surface area contributed by atoms with E-state index in [9.17, 15) is 4.79 Å². The molecule has 0 bridgehead atoms. The van der Waals surface area contributed by atoms with E-state index >= 15 is 0 Å². The number of hydrogen-bond acceptors (Lipinski definition) is 3. The fourth-order valence-electron chi connectivity index (χ4n) is 3.12. The number of nitrogens with zero attached hydrogens (tertiary/aromatic N) is 2. The van der Waals surface area contributed by atoms with E-state index < -0.39 is 0 Å². The molecule has 2 amide bonds. The molecule has 6 heteroatoms. The van der Waals surface area contributed by atoms with E-state index in [-0.39, 0.29) is 6.03 Å². The molecule has 5 nitrogen and oxygen atoms in total. The van der Waals surface area contributed by atoms with Crippen LogP contribution in [0.15, 0.2) is 42.5 Å². The van der Waals surface area contributed by atoms with E-state index in [0.29, 0.717) is 24.7 Å². The average Bonchev–Trinajstić information content (AvgIpc) is 2.67. The molecule has 2 aromatic rings. The molecule has 3 rings (SSSR count). The lowest BCUT2D eigenvalue weighted by Gasteiger charge is -2.36. The Morgan fingerprint density at radius 2 is 1.88 bits per heavy atom. The third-order valence-electron chi connectivity index (χ3n) is 4.63. The Balaban J connectivity index is 1.56. The molecular formula is C20H24ClN3O2. The van der Waals surface area contributed by atoms with Gasteiger partial charge in [0.05, 0.1) is 12.8 Å². The predicted molar refractivity (Wildman–Crippen MR) is 105 cm³/mol. The number of rotatable bonds is 4. The number of amides is 2. The average molecular weight is 374 g/mol. The van der Waals surface area contributed by atoms with Gasteiger partial charge >= 0.3 is 6.03 Å². The summed E-state index contributed by atoms with van der Waals surface area (Å²) in [6.07, 6.45) is 0. The number of aryl methyl sites for hydroxylation is 1. The second kappa shape index (κ2) is 8.32. The van der Waals surface area contributed by atoms with Gasteiger partial charge in [-0.1, -0.05) is 35.9 Å². The van der Waals surface area contributed by atoms with Gasteiger partial charge in [-0.3, -0.25) is 0 Å². The lowest BCUT2D eigenvalue weighted by molar-refractivity contribution is 0.194. The van der Waals surface area contributed by atoms with Crippen LogP contribution in [0.3, 0.4) is 0 Å². The van der Waals surface area contributed by atoms with Gasteiger partial charge in [-0.25, -0.2) is 4.79 Å². The van der Waals surface area contributed by atoms with E-state index in [1.807, 2.05) is 41.3 Å². The first-order valence-electron chi connectivity index (χ1n) is 8.74. The van der Waals surface area contributed by atoms with Gasteiger partial charge in [0.25, 0.3) is 0 Å². The van der Waals surface area contributed by atoms with Gasteiger partial charge in [-0.15, -0.1) is 0 Å². The third-order valence-corrected chi connectivity index (χ3v) is 5.00. The van der Waals surface area contributed by atoms with Crippen LogP contribution >= 0.6 is 11.6 Å². The largest absolute Gasteiger partial charge is 0.495 e. The predicted octanol–water partition coefficient (Wildman–Crippen LogP) is 3.69. The summed E-state index contributed by atoms with van der Waals surface area (Å²) in [5.41, 5.74) is 3.20. The molecule has 0 saturated carbocycles. The lowest BCUT2D eigenvalue weighted by atomic mass is 10.1. The minimum Gasteiger partial charge on any atom is -0.495 e. The van der Waals surface area contributed by atoms with Crippen molar-refractivity contribution >= 4 is 23.3 Å². The third kappa shape index (κ3) is 4.22. The maximum absolute atomic E-state index is 12.4. The van der Waals surface area contributed by atoms with Gasteiger partial charge in [0, 0.05) is 37.7 Å². The van der Waals surface area contributed by atoms with Crippen molar-refractivity contribution < 1.29 is 9.53 Å². The van der Waals surface area contributed by atoms with Crippen LogP contribution in [-0.4, -0.2) is 44.2 Å². The van der Waals surface area contributed by atoms with Gasteiger partial charge in [0.2, 0.25) is 0 Å². The van der Waals surface area contributed by atoms with Crippen LogP contribution in [0.4, 0.5) is 10.5 Å². The van der Waals surface area contributed by atoms with Gasteiger partial charge in [-0.05, 0) is 36.2 Å². The smallest absolute Gasteiger partial charge is 0.317 e. The molecule has 1 fully saturated rings. The zero-order chi connectivity index (χ0) is 18.5. The summed E-state index contributed by atoms with van der Waals surface area (Å²) in [4.78, 5) is 16.5. The van der Waals surface area contributed by atoms with E-state index in [0.717, 1.165) is 30.1 Å².